The molecule has 1 aromatic rings. The summed E-state index contributed by atoms with van der Waals surface area (Å²) in [5.41, 5.74) is 1.08. The van der Waals surface area contributed by atoms with Crippen LogP contribution in [0.15, 0.2) is 24.3 Å². The van der Waals surface area contributed by atoms with Gasteiger partial charge in [-0.2, -0.15) is 0 Å². The van der Waals surface area contributed by atoms with Gasteiger partial charge in [-0.25, -0.2) is 4.79 Å². The fourth-order valence-electron chi connectivity index (χ4n) is 7.88. The number of nitrogens with one attached hydrogen (secondary N) is 2. The van der Waals surface area contributed by atoms with Crippen molar-refractivity contribution in [2.75, 3.05) is 26.2 Å². The number of aliphatic hydroxyl groups excluding tert-OH is 1. The van der Waals surface area contributed by atoms with E-state index >= 15 is 0 Å². The number of aliphatic hydroxyl groups is 1. The number of β-amino-alcohol motifs (C(OH)–C–C–N with tert-alkyl or cyclic N) is 1. The summed E-state index contributed by atoms with van der Waals surface area (Å²) >= 11 is 6.14. The van der Waals surface area contributed by atoms with Gasteiger partial charge in [-0.3, -0.25) is 4.79 Å². The van der Waals surface area contributed by atoms with Crippen LogP contribution in [-0.4, -0.2) is 100 Å². The van der Waals surface area contributed by atoms with Crippen molar-refractivity contribution in [3.8, 4) is 0 Å². The zero-order chi connectivity index (χ0) is 28.9. The number of piperidine rings is 1. The summed E-state index contributed by atoms with van der Waals surface area (Å²) < 4.78 is 0. The first kappa shape index (κ1) is 30.6. The maximum Gasteiger partial charge on any atom is 0.320 e. The van der Waals surface area contributed by atoms with Gasteiger partial charge in [-0.15, -0.1) is 0 Å². The number of carbonyl (C=O) groups excluding carboxylic acids is 2. The van der Waals surface area contributed by atoms with E-state index in [0.29, 0.717) is 37.0 Å². The van der Waals surface area contributed by atoms with Crippen molar-refractivity contribution < 1.29 is 14.7 Å². The minimum Gasteiger partial charge on any atom is -0.392 e. The number of nitrogens with zero attached hydrogens (tertiary/aromatic N) is 3. The maximum atomic E-state index is 14.3. The standard InChI is InChI=1S/C32H50ClN5O3/c1-3-36(4-2)32(41)38(25-8-6-5-7-9-25)28-18-26-14-15-27(19-28)37(26)31(40)30(16-22-10-12-23(33)13-11-22)35-20-24-17-29(39)21-34-24/h10-13,24-30,34-35,39H,3-9,14-21H2,1-2H3/t24-,26?,27?,28?,29-,30-/m1/s1. The number of hydrogen-bond donors (Lipinski definition) is 3. The summed E-state index contributed by atoms with van der Waals surface area (Å²) in [6.45, 7) is 6.84. The molecular formula is C32H50ClN5O3. The fraction of sp³-hybridized carbons (Fsp3) is 0.750. The molecular weight excluding hydrogens is 538 g/mol. The largest absolute Gasteiger partial charge is 0.392 e. The monoisotopic (exact) mass is 587 g/mol. The summed E-state index contributed by atoms with van der Waals surface area (Å²) in [7, 11) is 0. The molecule has 3 aliphatic heterocycles. The molecule has 228 valence electrons. The lowest BCUT2D eigenvalue weighted by molar-refractivity contribution is -0.139. The molecule has 2 bridgehead atoms. The van der Waals surface area contributed by atoms with Crippen molar-refractivity contribution in [2.45, 2.75) is 127 Å². The first-order valence-corrected chi connectivity index (χ1v) is 16.5. The van der Waals surface area contributed by atoms with Crippen LogP contribution in [0, 0.1) is 0 Å². The third-order valence-corrected chi connectivity index (χ3v) is 10.3. The lowest BCUT2D eigenvalue weighted by atomic mass is 9.89. The number of amides is 3. The molecule has 2 unspecified atom stereocenters. The molecule has 5 rings (SSSR count). The normalized spacial score (nSPS) is 29.0. The summed E-state index contributed by atoms with van der Waals surface area (Å²) in [5.74, 6) is 0.170. The van der Waals surface area contributed by atoms with Crippen LogP contribution in [0.1, 0.15) is 83.6 Å². The van der Waals surface area contributed by atoms with Gasteiger partial charge in [-0.05, 0) is 82.9 Å². The smallest absolute Gasteiger partial charge is 0.320 e. The number of urea groups is 1. The van der Waals surface area contributed by atoms with Crippen LogP contribution in [0.25, 0.3) is 0 Å². The van der Waals surface area contributed by atoms with Crippen molar-refractivity contribution in [2.24, 2.45) is 0 Å². The van der Waals surface area contributed by atoms with E-state index < -0.39 is 0 Å². The van der Waals surface area contributed by atoms with Crippen molar-refractivity contribution in [1.82, 2.24) is 25.3 Å². The lowest BCUT2D eigenvalue weighted by Crippen LogP contribution is -2.61. The van der Waals surface area contributed by atoms with Gasteiger partial charge in [0.05, 0.1) is 12.1 Å². The van der Waals surface area contributed by atoms with Gasteiger partial charge in [0.2, 0.25) is 5.91 Å². The predicted octanol–water partition coefficient (Wildman–Crippen LogP) is 4.18. The summed E-state index contributed by atoms with van der Waals surface area (Å²) in [4.78, 5) is 34.6. The van der Waals surface area contributed by atoms with Crippen LogP contribution in [0.5, 0.6) is 0 Å². The van der Waals surface area contributed by atoms with E-state index in [1.165, 1.54) is 19.3 Å². The maximum absolute atomic E-state index is 14.3. The Morgan fingerprint density at radius 2 is 1.66 bits per heavy atom. The second kappa shape index (κ2) is 14.1. The molecule has 5 atom stereocenters. The molecule has 4 aliphatic rings. The predicted molar refractivity (Wildman–Crippen MR) is 163 cm³/mol. The number of carbonyl (C=O) groups is 2. The Hall–Kier alpha value is -1.87. The van der Waals surface area contributed by atoms with Gasteiger partial charge < -0.3 is 30.4 Å². The summed E-state index contributed by atoms with van der Waals surface area (Å²) in [5, 5.41) is 17.6. The fourth-order valence-corrected chi connectivity index (χ4v) is 8.01. The van der Waals surface area contributed by atoms with Crippen LogP contribution in [0.3, 0.4) is 0 Å². The minimum atomic E-state index is -0.345. The third kappa shape index (κ3) is 7.20. The molecule has 3 saturated heterocycles. The van der Waals surface area contributed by atoms with E-state index in [2.05, 4.69) is 34.3 Å². The van der Waals surface area contributed by atoms with E-state index in [4.69, 9.17) is 11.6 Å². The van der Waals surface area contributed by atoms with Crippen molar-refractivity contribution in [3.63, 3.8) is 0 Å². The van der Waals surface area contributed by atoms with Crippen molar-refractivity contribution >= 4 is 23.5 Å². The van der Waals surface area contributed by atoms with E-state index in [-0.39, 0.29) is 48.3 Å². The molecule has 1 aromatic carbocycles. The van der Waals surface area contributed by atoms with Gasteiger partial charge in [-0.1, -0.05) is 43.0 Å². The SMILES string of the molecule is CCN(CC)C(=O)N(C1CCCCC1)C1CC2CCC(C1)N2C(=O)[C@@H](Cc1ccc(Cl)cc1)NC[C@H]1C[C@@H](O)CN1. The molecule has 1 aliphatic carbocycles. The quantitative estimate of drug-likeness (QED) is 0.382. The molecule has 3 amide bonds. The summed E-state index contributed by atoms with van der Waals surface area (Å²) in [6.07, 6.45) is 10.6. The van der Waals surface area contributed by atoms with Crippen LogP contribution < -0.4 is 10.6 Å². The number of rotatable bonds is 10. The molecule has 0 aromatic heterocycles. The van der Waals surface area contributed by atoms with Crippen molar-refractivity contribution in [3.05, 3.63) is 34.9 Å². The highest BCUT2D eigenvalue weighted by molar-refractivity contribution is 6.30. The van der Waals surface area contributed by atoms with Gasteiger partial charge >= 0.3 is 6.03 Å². The Labute approximate surface area is 251 Å². The van der Waals surface area contributed by atoms with Gasteiger partial charge in [0.15, 0.2) is 0 Å². The molecule has 3 N–H and O–H groups in total. The van der Waals surface area contributed by atoms with Crippen LogP contribution in [0.4, 0.5) is 4.79 Å². The Morgan fingerprint density at radius 3 is 2.24 bits per heavy atom. The van der Waals surface area contributed by atoms with E-state index in [1.54, 1.807) is 0 Å². The van der Waals surface area contributed by atoms with Gasteiger partial charge in [0.1, 0.15) is 0 Å². The van der Waals surface area contributed by atoms with Crippen LogP contribution >= 0.6 is 11.6 Å². The van der Waals surface area contributed by atoms with Crippen LogP contribution in [-0.2, 0) is 11.2 Å². The molecule has 3 heterocycles. The zero-order valence-electron chi connectivity index (χ0n) is 24.9. The topological polar surface area (TPSA) is 88.2 Å². The second-order valence-electron chi connectivity index (χ2n) is 12.7. The highest BCUT2D eigenvalue weighted by Crippen LogP contribution is 2.40. The molecule has 4 fully saturated rings. The average molecular weight is 588 g/mol. The zero-order valence-corrected chi connectivity index (χ0v) is 25.7. The first-order chi connectivity index (χ1) is 19.9. The number of halogens is 1. The van der Waals surface area contributed by atoms with Gasteiger partial charge in [0.25, 0.3) is 0 Å². The molecule has 0 radical (unpaired) electrons. The van der Waals surface area contributed by atoms with Crippen LogP contribution in [0.2, 0.25) is 5.02 Å². The number of fused-ring (bicyclic) bond motifs is 2. The Morgan fingerprint density at radius 1 is 1.00 bits per heavy atom. The highest BCUT2D eigenvalue weighted by atomic mass is 35.5. The Bertz CT molecular complexity index is 1000. The number of benzene rings is 1. The Balaban J connectivity index is 1.31. The number of hydrogen-bond acceptors (Lipinski definition) is 5. The summed E-state index contributed by atoms with van der Waals surface area (Å²) in [6, 6.07) is 8.63. The Kier molecular flexibility index (Phi) is 10.5. The minimum absolute atomic E-state index is 0.156. The average Bonchev–Trinajstić information content (AvgIpc) is 3.52. The van der Waals surface area contributed by atoms with Gasteiger partial charge in [0, 0.05) is 61.4 Å². The molecule has 41 heavy (non-hydrogen) atoms. The first-order valence-electron chi connectivity index (χ1n) is 16.2. The van der Waals surface area contributed by atoms with Crippen molar-refractivity contribution in [1.29, 1.82) is 0 Å². The van der Waals surface area contributed by atoms with E-state index in [0.717, 1.165) is 57.2 Å². The third-order valence-electron chi connectivity index (χ3n) is 10.0. The highest BCUT2D eigenvalue weighted by Gasteiger charge is 2.48. The molecule has 9 heteroatoms. The molecule has 0 spiro atoms. The molecule has 8 nitrogen and oxygen atoms in total. The lowest BCUT2D eigenvalue weighted by Gasteiger charge is -2.48. The molecule has 1 saturated carbocycles. The second-order valence-corrected chi connectivity index (χ2v) is 13.1. The van der Waals surface area contributed by atoms with E-state index in [9.17, 15) is 14.7 Å². The van der Waals surface area contributed by atoms with E-state index in [1.807, 2.05) is 29.2 Å².